The monoisotopic (exact) mass is 457 g/mol. The van der Waals surface area contributed by atoms with E-state index in [-0.39, 0.29) is 24.6 Å². The molecule has 0 spiro atoms. The SMILES string of the molecule is Cl.NCCc1ccc(N2CCN(C(=O)OCc3ccccc3)CC2)c(CC(F)(F)F)c1. The molecule has 170 valence electrons. The molecule has 1 saturated heterocycles. The van der Waals surface area contributed by atoms with Gasteiger partial charge in [0, 0.05) is 31.9 Å². The van der Waals surface area contributed by atoms with Gasteiger partial charge in [0.2, 0.25) is 0 Å². The van der Waals surface area contributed by atoms with Gasteiger partial charge in [0.15, 0.2) is 0 Å². The predicted octanol–water partition coefficient (Wildman–Crippen LogP) is 4.17. The maximum Gasteiger partial charge on any atom is 0.410 e. The summed E-state index contributed by atoms with van der Waals surface area (Å²) in [7, 11) is 0. The zero-order chi connectivity index (χ0) is 21.6. The van der Waals surface area contributed by atoms with Crippen LogP contribution in [0.2, 0.25) is 0 Å². The molecule has 1 heterocycles. The first-order valence-corrected chi connectivity index (χ1v) is 9.95. The quantitative estimate of drug-likeness (QED) is 0.707. The number of anilines is 1. The van der Waals surface area contributed by atoms with Gasteiger partial charge >= 0.3 is 12.3 Å². The summed E-state index contributed by atoms with van der Waals surface area (Å²) < 4.78 is 44.6. The smallest absolute Gasteiger partial charge is 0.410 e. The largest absolute Gasteiger partial charge is 0.445 e. The van der Waals surface area contributed by atoms with Crippen LogP contribution in [0.15, 0.2) is 48.5 Å². The summed E-state index contributed by atoms with van der Waals surface area (Å²) in [5, 5.41) is 0. The Balaban J connectivity index is 0.00000341. The van der Waals surface area contributed by atoms with Gasteiger partial charge in [-0.3, -0.25) is 0 Å². The Labute approximate surface area is 186 Å². The van der Waals surface area contributed by atoms with Crippen LogP contribution in [0.3, 0.4) is 0 Å². The number of carbonyl (C=O) groups excluding carboxylic acids is 1. The maximum absolute atomic E-state index is 13.1. The van der Waals surface area contributed by atoms with Crippen molar-refractivity contribution < 1.29 is 22.7 Å². The zero-order valence-electron chi connectivity index (χ0n) is 17.1. The van der Waals surface area contributed by atoms with E-state index in [1.807, 2.05) is 41.3 Å². The lowest BCUT2D eigenvalue weighted by molar-refractivity contribution is -0.127. The van der Waals surface area contributed by atoms with Crippen LogP contribution < -0.4 is 10.6 Å². The molecule has 9 heteroatoms. The summed E-state index contributed by atoms with van der Waals surface area (Å²) in [6, 6.07) is 14.5. The summed E-state index contributed by atoms with van der Waals surface area (Å²) in [5.41, 5.74) is 8.04. The third-order valence-corrected chi connectivity index (χ3v) is 5.05. The van der Waals surface area contributed by atoms with E-state index in [0.29, 0.717) is 44.8 Å². The Morgan fingerprint density at radius 2 is 1.68 bits per heavy atom. The number of nitrogens with zero attached hydrogens (tertiary/aromatic N) is 2. The van der Waals surface area contributed by atoms with Gasteiger partial charge in [-0.25, -0.2) is 4.79 Å². The lowest BCUT2D eigenvalue weighted by Crippen LogP contribution is -2.49. The number of benzene rings is 2. The standard InChI is InChI=1S/C22H26F3N3O2.ClH/c23-22(24,25)15-19-14-17(8-9-26)6-7-20(19)27-10-12-28(13-11-27)21(29)30-16-18-4-2-1-3-5-18;/h1-7,14H,8-13,15-16,26H2;1H. The second-order valence-electron chi connectivity index (χ2n) is 7.31. The summed E-state index contributed by atoms with van der Waals surface area (Å²) in [5.74, 6) is 0. The molecule has 0 radical (unpaired) electrons. The lowest BCUT2D eigenvalue weighted by atomic mass is 10.0. The average molecular weight is 458 g/mol. The summed E-state index contributed by atoms with van der Waals surface area (Å²) >= 11 is 0. The molecule has 2 aromatic carbocycles. The Bertz CT molecular complexity index is 842. The van der Waals surface area contributed by atoms with Gasteiger partial charge in [-0.2, -0.15) is 13.2 Å². The van der Waals surface area contributed by atoms with E-state index >= 15 is 0 Å². The fourth-order valence-corrected chi connectivity index (χ4v) is 3.57. The van der Waals surface area contributed by atoms with E-state index in [1.54, 1.807) is 17.0 Å². The number of nitrogens with two attached hydrogens (primary N) is 1. The number of hydrogen-bond acceptors (Lipinski definition) is 4. The van der Waals surface area contributed by atoms with E-state index in [0.717, 1.165) is 11.1 Å². The van der Waals surface area contributed by atoms with Crippen LogP contribution >= 0.6 is 12.4 Å². The van der Waals surface area contributed by atoms with E-state index < -0.39 is 18.7 Å². The molecule has 0 aliphatic carbocycles. The summed E-state index contributed by atoms with van der Waals surface area (Å²) in [4.78, 5) is 15.8. The van der Waals surface area contributed by atoms with E-state index in [4.69, 9.17) is 10.5 Å². The fraction of sp³-hybridized carbons (Fsp3) is 0.409. The normalized spacial score (nSPS) is 14.2. The van der Waals surface area contributed by atoms with Crippen molar-refractivity contribution in [2.24, 2.45) is 5.73 Å². The first-order chi connectivity index (χ1) is 14.4. The molecule has 2 aromatic rings. The number of carbonyl (C=O) groups is 1. The zero-order valence-corrected chi connectivity index (χ0v) is 17.9. The molecule has 31 heavy (non-hydrogen) atoms. The minimum absolute atomic E-state index is 0. The van der Waals surface area contributed by atoms with Gasteiger partial charge in [0.1, 0.15) is 6.61 Å². The van der Waals surface area contributed by atoms with Crippen LogP contribution in [0.1, 0.15) is 16.7 Å². The topological polar surface area (TPSA) is 58.8 Å². The number of piperazine rings is 1. The van der Waals surface area contributed by atoms with E-state index in [2.05, 4.69) is 0 Å². The molecule has 0 unspecified atom stereocenters. The van der Waals surface area contributed by atoms with Crippen molar-refractivity contribution in [2.45, 2.75) is 25.6 Å². The number of ether oxygens (including phenoxy) is 1. The van der Waals surface area contributed by atoms with Crippen LogP contribution in [0.25, 0.3) is 0 Å². The molecular weight excluding hydrogens is 431 g/mol. The number of hydrogen-bond donors (Lipinski definition) is 1. The highest BCUT2D eigenvalue weighted by Crippen LogP contribution is 2.30. The highest BCUT2D eigenvalue weighted by molar-refractivity contribution is 5.85. The molecule has 5 nitrogen and oxygen atoms in total. The van der Waals surface area contributed by atoms with Crippen molar-refractivity contribution in [2.75, 3.05) is 37.6 Å². The second-order valence-corrected chi connectivity index (χ2v) is 7.31. The first kappa shape index (κ1) is 24.8. The predicted molar refractivity (Wildman–Crippen MR) is 117 cm³/mol. The van der Waals surface area contributed by atoms with Gasteiger partial charge in [-0.15, -0.1) is 12.4 Å². The fourth-order valence-electron chi connectivity index (χ4n) is 3.57. The van der Waals surface area contributed by atoms with Gasteiger partial charge in [0.25, 0.3) is 0 Å². The van der Waals surface area contributed by atoms with Crippen LogP contribution in [0.5, 0.6) is 0 Å². The summed E-state index contributed by atoms with van der Waals surface area (Å²) in [6.45, 7) is 2.25. The van der Waals surface area contributed by atoms with E-state index in [9.17, 15) is 18.0 Å². The van der Waals surface area contributed by atoms with Gasteiger partial charge in [-0.1, -0.05) is 42.5 Å². The second kappa shape index (κ2) is 11.2. The van der Waals surface area contributed by atoms with E-state index in [1.165, 1.54) is 0 Å². The third kappa shape index (κ3) is 7.33. The van der Waals surface area contributed by atoms with Crippen molar-refractivity contribution in [3.63, 3.8) is 0 Å². The van der Waals surface area contributed by atoms with Gasteiger partial charge in [-0.05, 0) is 35.7 Å². The molecule has 0 bridgehead atoms. The number of rotatable bonds is 6. The highest BCUT2D eigenvalue weighted by atomic mass is 35.5. The van der Waals surface area contributed by atoms with Crippen molar-refractivity contribution in [3.05, 3.63) is 65.2 Å². The first-order valence-electron chi connectivity index (χ1n) is 9.95. The number of alkyl halides is 3. The van der Waals surface area contributed by atoms with Crippen molar-refractivity contribution >= 4 is 24.2 Å². The summed E-state index contributed by atoms with van der Waals surface area (Å²) in [6.07, 6.45) is -5.15. The van der Waals surface area contributed by atoms with Gasteiger partial charge in [0.05, 0.1) is 6.42 Å². The molecule has 0 saturated carbocycles. The molecule has 0 aromatic heterocycles. The average Bonchev–Trinajstić information content (AvgIpc) is 2.72. The molecular formula is C22H27ClF3N3O2. The van der Waals surface area contributed by atoms with Crippen molar-refractivity contribution in [3.8, 4) is 0 Å². The molecule has 0 atom stereocenters. The third-order valence-electron chi connectivity index (χ3n) is 5.05. The molecule has 3 rings (SSSR count). The Hall–Kier alpha value is -2.45. The lowest BCUT2D eigenvalue weighted by Gasteiger charge is -2.36. The molecule has 1 amide bonds. The molecule has 2 N–H and O–H groups in total. The number of halogens is 4. The number of amides is 1. The maximum atomic E-state index is 13.1. The van der Waals surface area contributed by atoms with Gasteiger partial charge < -0.3 is 20.3 Å². The Morgan fingerprint density at radius 3 is 2.29 bits per heavy atom. The van der Waals surface area contributed by atoms with Crippen LogP contribution in [-0.4, -0.2) is 49.9 Å². The molecule has 1 aliphatic heterocycles. The minimum atomic E-state index is -4.29. The van der Waals surface area contributed by atoms with Crippen LogP contribution in [-0.2, 0) is 24.2 Å². The minimum Gasteiger partial charge on any atom is -0.445 e. The Kier molecular flexibility index (Phi) is 9.00. The van der Waals surface area contributed by atoms with Crippen LogP contribution in [0.4, 0.5) is 23.7 Å². The molecule has 1 aliphatic rings. The van der Waals surface area contributed by atoms with Crippen molar-refractivity contribution in [1.29, 1.82) is 0 Å². The Morgan fingerprint density at radius 1 is 1.00 bits per heavy atom. The van der Waals surface area contributed by atoms with Crippen molar-refractivity contribution in [1.82, 2.24) is 4.90 Å². The van der Waals surface area contributed by atoms with Crippen LogP contribution in [0, 0.1) is 0 Å². The highest BCUT2D eigenvalue weighted by Gasteiger charge is 2.31. The molecule has 1 fully saturated rings.